The first-order chi connectivity index (χ1) is 7.56. The van der Waals surface area contributed by atoms with E-state index in [4.69, 9.17) is 10.5 Å². The first-order valence-electron chi connectivity index (χ1n) is 4.97. The zero-order valence-electron chi connectivity index (χ0n) is 9.07. The Kier molecular flexibility index (Phi) is 4.59. The Morgan fingerprint density at radius 3 is 3.00 bits per heavy atom. The largest absolute Gasteiger partial charge is 0.392 e. The maximum Gasteiger partial charge on any atom is 0.240 e. The van der Waals surface area contributed by atoms with Gasteiger partial charge in [-0.2, -0.15) is 10.1 Å². The van der Waals surface area contributed by atoms with Crippen LogP contribution in [0, 0.1) is 4.91 Å². The molecule has 1 aliphatic rings. The summed E-state index contributed by atoms with van der Waals surface area (Å²) >= 11 is 0. The standard InChI is InChI=1S/C8H16N4O4/c1-6(13)7-5-16-3-2-11(7)12(10-15)4-8(9)14/h6-7,13H,2-5H2,1H3,(H2,9,14)/t6?,7-/m1/s1. The van der Waals surface area contributed by atoms with Gasteiger partial charge < -0.3 is 15.6 Å². The van der Waals surface area contributed by atoms with Crippen molar-refractivity contribution in [3.05, 3.63) is 4.91 Å². The van der Waals surface area contributed by atoms with E-state index in [9.17, 15) is 14.8 Å². The Morgan fingerprint density at radius 2 is 2.50 bits per heavy atom. The molecule has 8 nitrogen and oxygen atoms in total. The quantitative estimate of drug-likeness (QED) is 0.439. The first kappa shape index (κ1) is 12.8. The van der Waals surface area contributed by atoms with E-state index >= 15 is 0 Å². The lowest BCUT2D eigenvalue weighted by Gasteiger charge is -2.40. The van der Waals surface area contributed by atoms with Crippen molar-refractivity contribution in [1.29, 1.82) is 0 Å². The molecule has 0 aromatic rings. The van der Waals surface area contributed by atoms with Crippen LogP contribution in [0.1, 0.15) is 6.92 Å². The average Bonchev–Trinajstić information content (AvgIpc) is 2.25. The molecule has 1 rings (SSSR count). The summed E-state index contributed by atoms with van der Waals surface area (Å²) in [4.78, 5) is 21.4. The molecule has 1 amide bonds. The van der Waals surface area contributed by atoms with Gasteiger partial charge >= 0.3 is 0 Å². The normalized spacial score (nSPS) is 23.8. The molecule has 0 bridgehead atoms. The van der Waals surface area contributed by atoms with Gasteiger partial charge in [0.15, 0.2) is 0 Å². The number of nitrogens with two attached hydrogens (primary N) is 1. The lowest BCUT2D eigenvalue weighted by atomic mass is 10.1. The average molecular weight is 232 g/mol. The fourth-order valence-electron chi connectivity index (χ4n) is 1.59. The van der Waals surface area contributed by atoms with E-state index in [1.807, 2.05) is 0 Å². The fraction of sp³-hybridized carbons (Fsp3) is 0.875. The highest BCUT2D eigenvalue weighted by atomic mass is 16.5. The van der Waals surface area contributed by atoms with Crippen LogP contribution in [0.25, 0.3) is 0 Å². The molecule has 0 aliphatic carbocycles. The van der Waals surface area contributed by atoms with Crippen molar-refractivity contribution in [1.82, 2.24) is 10.1 Å². The number of aliphatic hydroxyl groups is 1. The van der Waals surface area contributed by atoms with Crippen molar-refractivity contribution in [3.63, 3.8) is 0 Å². The second-order valence-electron chi connectivity index (χ2n) is 3.62. The van der Waals surface area contributed by atoms with Crippen molar-refractivity contribution < 1.29 is 14.6 Å². The van der Waals surface area contributed by atoms with E-state index < -0.39 is 18.1 Å². The van der Waals surface area contributed by atoms with Crippen molar-refractivity contribution in [2.45, 2.75) is 19.1 Å². The van der Waals surface area contributed by atoms with Crippen molar-refractivity contribution in [2.24, 2.45) is 11.0 Å². The lowest BCUT2D eigenvalue weighted by Crippen LogP contribution is -2.58. The molecule has 0 aromatic heterocycles. The summed E-state index contributed by atoms with van der Waals surface area (Å²) in [5, 5.41) is 14.7. The minimum absolute atomic E-state index is 0.280. The number of hydrogen-bond acceptors (Lipinski definition) is 6. The third-order valence-corrected chi connectivity index (χ3v) is 2.38. The van der Waals surface area contributed by atoms with Gasteiger partial charge in [0.05, 0.1) is 30.6 Å². The molecule has 2 atom stereocenters. The highest BCUT2D eigenvalue weighted by Crippen LogP contribution is 2.14. The smallest absolute Gasteiger partial charge is 0.240 e. The Hall–Kier alpha value is -1.25. The number of nitroso groups, excluding NO2 is 1. The zero-order chi connectivity index (χ0) is 12.1. The predicted octanol–water partition coefficient (Wildman–Crippen LogP) is -1.55. The molecule has 1 fully saturated rings. The monoisotopic (exact) mass is 232 g/mol. The fourth-order valence-corrected chi connectivity index (χ4v) is 1.59. The number of carbonyl (C=O) groups excluding carboxylic acids is 1. The van der Waals surface area contributed by atoms with Crippen LogP contribution in [-0.2, 0) is 9.53 Å². The van der Waals surface area contributed by atoms with Gasteiger partial charge in [-0.25, -0.2) is 0 Å². The number of primary amides is 1. The molecule has 1 saturated heterocycles. The second kappa shape index (κ2) is 5.73. The number of carbonyl (C=O) groups is 1. The Bertz CT molecular complexity index is 260. The summed E-state index contributed by atoms with van der Waals surface area (Å²) in [6, 6.07) is -0.397. The number of aliphatic hydroxyl groups excluding tert-OH is 1. The molecule has 0 aromatic carbocycles. The number of amides is 1. The molecule has 3 N–H and O–H groups in total. The van der Waals surface area contributed by atoms with Crippen LogP contribution in [0.4, 0.5) is 0 Å². The number of morpholine rings is 1. The van der Waals surface area contributed by atoms with Crippen LogP contribution in [-0.4, -0.2) is 59.6 Å². The molecular weight excluding hydrogens is 216 g/mol. The van der Waals surface area contributed by atoms with E-state index in [0.717, 1.165) is 5.12 Å². The molecule has 0 radical (unpaired) electrons. The molecule has 16 heavy (non-hydrogen) atoms. The molecule has 0 spiro atoms. The second-order valence-corrected chi connectivity index (χ2v) is 3.62. The van der Waals surface area contributed by atoms with Crippen molar-refractivity contribution in [3.8, 4) is 0 Å². The maximum atomic E-state index is 10.7. The number of hydrazine groups is 1. The van der Waals surface area contributed by atoms with Gasteiger partial charge in [-0.05, 0) is 6.92 Å². The number of hydrogen-bond donors (Lipinski definition) is 2. The summed E-state index contributed by atoms with van der Waals surface area (Å²) in [6.45, 7) is 2.36. The van der Waals surface area contributed by atoms with Crippen LogP contribution in [0.15, 0.2) is 5.29 Å². The maximum absolute atomic E-state index is 10.7. The van der Waals surface area contributed by atoms with E-state index in [0.29, 0.717) is 13.2 Å². The zero-order valence-corrected chi connectivity index (χ0v) is 9.07. The summed E-state index contributed by atoms with van der Waals surface area (Å²) in [6.07, 6.45) is -0.697. The molecule has 0 saturated carbocycles. The third kappa shape index (κ3) is 3.12. The minimum atomic E-state index is -0.697. The van der Waals surface area contributed by atoms with Gasteiger partial charge in [-0.15, -0.1) is 4.91 Å². The summed E-state index contributed by atoms with van der Waals surface area (Å²) in [5.41, 5.74) is 5.00. The van der Waals surface area contributed by atoms with Crippen LogP contribution in [0.2, 0.25) is 0 Å². The van der Waals surface area contributed by atoms with Gasteiger partial charge in [0.1, 0.15) is 6.54 Å². The minimum Gasteiger partial charge on any atom is -0.392 e. The first-order valence-corrected chi connectivity index (χ1v) is 4.97. The highest BCUT2D eigenvalue weighted by molar-refractivity contribution is 5.75. The molecule has 1 aliphatic heterocycles. The molecule has 1 unspecified atom stereocenters. The van der Waals surface area contributed by atoms with Gasteiger partial charge in [-0.1, -0.05) is 0 Å². The summed E-state index contributed by atoms with van der Waals surface area (Å²) in [7, 11) is 0. The van der Waals surface area contributed by atoms with Gasteiger partial charge in [0.25, 0.3) is 0 Å². The van der Waals surface area contributed by atoms with Crippen LogP contribution >= 0.6 is 0 Å². The van der Waals surface area contributed by atoms with Crippen LogP contribution in [0.5, 0.6) is 0 Å². The topological polar surface area (TPSA) is 108 Å². The molecule has 92 valence electrons. The molecule has 8 heteroatoms. The lowest BCUT2D eigenvalue weighted by molar-refractivity contribution is -0.161. The van der Waals surface area contributed by atoms with Crippen LogP contribution in [0.3, 0.4) is 0 Å². The van der Waals surface area contributed by atoms with E-state index in [-0.39, 0.29) is 13.2 Å². The predicted molar refractivity (Wildman–Crippen MR) is 54.7 cm³/mol. The van der Waals surface area contributed by atoms with Gasteiger partial charge in [-0.3, -0.25) is 4.79 Å². The highest BCUT2D eigenvalue weighted by Gasteiger charge is 2.32. The number of rotatable bonds is 5. The van der Waals surface area contributed by atoms with Gasteiger partial charge in [0.2, 0.25) is 5.91 Å². The molecular formula is C8H16N4O4. The molecule has 1 heterocycles. The van der Waals surface area contributed by atoms with E-state index in [1.54, 1.807) is 6.92 Å². The number of ether oxygens (including phenoxy) is 1. The number of nitrogens with zero attached hydrogens (tertiary/aromatic N) is 3. The van der Waals surface area contributed by atoms with Crippen molar-refractivity contribution in [2.75, 3.05) is 26.3 Å². The summed E-state index contributed by atoms with van der Waals surface area (Å²) < 4.78 is 5.19. The van der Waals surface area contributed by atoms with E-state index in [1.165, 1.54) is 5.01 Å². The van der Waals surface area contributed by atoms with Crippen molar-refractivity contribution >= 4 is 5.91 Å². The SMILES string of the molecule is CC(O)[C@H]1COCCN1N(CC(N)=O)N=O. The Morgan fingerprint density at radius 1 is 1.81 bits per heavy atom. The van der Waals surface area contributed by atoms with E-state index in [2.05, 4.69) is 5.29 Å². The Balaban J connectivity index is 2.71. The Labute approximate surface area is 92.9 Å². The van der Waals surface area contributed by atoms with Crippen LogP contribution < -0.4 is 5.73 Å². The third-order valence-electron chi connectivity index (χ3n) is 2.38. The summed E-state index contributed by atoms with van der Waals surface area (Å²) in [5.74, 6) is -0.657. The van der Waals surface area contributed by atoms with Gasteiger partial charge in [0, 0.05) is 6.54 Å².